The zero-order valence-corrected chi connectivity index (χ0v) is 9.45. The highest BCUT2D eigenvalue weighted by Crippen LogP contribution is 2.68. The van der Waals surface area contributed by atoms with Gasteiger partial charge in [-0.25, -0.2) is 0 Å². The molecule has 4 saturated carbocycles. The summed E-state index contributed by atoms with van der Waals surface area (Å²) >= 11 is 6.71. The number of rotatable bonds is 0. The van der Waals surface area contributed by atoms with Crippen molar-refractivity contribution < 1.29 is 0 Å². The SMILES string of the molecule is CC12CC3CC(C)(C1)CC(Cl)(C3)C2. The van der Waals surface area contributed by atoms with E-state index in [0.29, 0.717) is 10.8 Å². The van der Waals surface area contributed by atoms with Crippen LogP contribution in [0.25, 0.3) is 0 Å². The van der Waals surface area contributed by atoms with Gasteiger partial charge in [-0.05, 0) is 55.3 Å². The lowest BCUT2D eigenvalue weighted by molar-refractivity contribution is -0.0802. The van der Waals surface area contributed by atoms with Gasteiger partial charge in [0.05, 0.1) is 0 Å². The molecule has 0 aliphatic heterocycles. The third-order valence-corrected chi connectivity index (χ3v) is 4.98. The second kappa shape index (κ2) is 2.10. The lowest BCUT2D eigenvalue weighted by Gasteiger charge is -2.63. The van der Waals surface area contributed by atoms with Crippen molar-refractivity contribution in [3.8, 4) is 0 Å². The number of hydrogen-bond acceptors (Lipinski definition) is 0. The first-order valence-corrected chi connectivity index (χ1v) is 5.97. The van der Waals surface area contributed by atoms with Gasteiger partial charge in [0.1, 0.15) is 0 Å². The second-order valence-electron chi connectivity index (χ2n) is 6.78. The maximum atomic E-state index is 6.71. The van der Waals surface area contributed by atoms with E-state index in [4.69, 9.17) is 11.6 Å². The van der Waals surface area contributed by atoms with Gasteiger partial charge in [0.25, 0.3) is 0 Å². The van der Waals surface area contributed by atoms with E-state index < -0.39 is 0 Å². The lowest BCUT2D eigenvalue weighted by atomic mass is 9.45. The maximum Gasteiger partial charge on any atom is 0.0459 e. The van der Waals surface area contributed by atoms with Crippen molar-refractivity contribution in [3.63, 3.8) is 0 Å². The van der Waals surface area contributed by atoms with E-state index in [-0.39, 0.29) is 4.87 Å². The molecule has 0 aromatic carbocycles. The van der Waals surface area contributed by atoms with Gasteiger partial charge >= 0.3 is 0 Å². The quantitative estimate of drug-likeness (QED) is 0.517. The van der Waals surface area contributed by atoms with E-state index in [2.05, 4.69) is 13.8 Å². The van der Waals surface area contributed by atoms with Crippen molar-refractivity contribution in [2.24, 2.45) is 16.7 Å². The molecule has 0 nitrogen and oxygen atoms in total. The second-order valence-corrected chi connectivity index (χ2v) is 7.58. The van der Waals surface area contributed by atoms with Crippen LogP contribution in [-0.4, -0.2) is 4.87 Å². The Bertz CT molecular complexity index is 207. The van der Waals surface area contributed by atoms with Crippen LogP contribution in [0.4, 0.5) is 0 Å². The summed E-state index contributed by atoms with van der Waals surface area (Å²) in [6, 6.07) is 0. The predicted molar refractivity (Wildman–Crippen MR) is 56.0 cm³/mol. The van der Waals surface area contributed by atoms with E-state index >= 15 is 0 Å². The minimum atomic E-state index is 0.197. The topological polar surface area (TPSA) is 0 Å². The zero-order chi connectivity index (χ0) is 9.32. The number of halogens is 1. The average Bonchev–Trinajstić information content (AvgIpc) is 1.71. The van der Waals surface area contributed by atoms with Crippen molar-refractivity contribution in [3.05, 3.63) is 0 Å². The molecule has 2 atom stereocenters. The van der Waals surface area contributed by atoms with Crippen LogP contribution in [0.2, 0.25) is 0 Å². The highest BCUT2D eigenvalue weighted by molar-refractivity contribution is 6.24. The van der Waals surface area contributed by atoms with Crippen LogP contribution >= 0.6 is 11.6 Å². The summed E-state index contributed by atoms with van der Waals surface area (Å²) < 4.78 is 0. The fourth-order valence-electron chi connectivity index (χ4n) is 5.31. The first kappa shape index (κ1) is 8.59. The molecule has 0 aromatic rings. The third-order valence-electron chi connectivity index (χ3n) is 4.56. The van der Waals surface area contributed by atoms with Crippen molar-refractivity contribution in [2.45, 2.75) is 57.2 Å². The maximum absolute atomic E-state index is 6.71. The van der Waals surface area contributed by atoms with Crippen molar-refractivity contribution in [2.75, 3.05) is 0 Å². The molecule has 1 heteroatoms. The summed E-state index contributed by atoms with van der Waals surface area (Å²) in [5, 5.41) is 0. The van der Waals surface area contributed by atoms with Crippen LogP contribution in [0.1, 0.15) is 52.4 Å². The number of alkyl halides is 1. The van der Waals surface area contributed by atoms with Gasteiger partial charge in [0.15, 0.2) is 0 Å². The Balaban J connectivity index is 2.03. The lowest BCUT2D eigenvalue weighted by Crippen LogP contribution is -2.55. The van der Waals surface area contributed by atoms with Gasteiger partial charge in [0.2, 0.25) is 0 Å². The summed E-state index contributed by atoms with van der Waals surface area (Å²) in [5.41, 5.74) is 1.19. The summed E-state index contributed by atoms with van der Waals surface area (Å²) in [4.78, 5) is 0.197. The third kappa shape index (κ3) is 1.17. The van der Waals surface area contributed by atoms with Gasteiger partial charge in [-0.3, -0.25) is 0 Å². The van der Waals surface area contributed by atoms with Crippen LogP contribution in [0.5, 0.6) is 0 Å². The molecule has 4 bridgehead atoms. The van der Waals surface area contributed by atoms with E-state index in [1.54, 1.807) is 0 Å². The first-order chi connectivity index (χ1) is 5.91. The molecule has 0 saturated heterocycles. The summed E-state index contributed by atoms with van der Waals surface area (Å²) in [6.45, 7) is 4.93. The Labute approximate surface area is 86.0 Å². The van der Waals surface area contributed by atoms with Gasteiger partial charge in [-0.1, -0.05) is 13.8 Å². The molecule has 0 spiro atoms. The molecule has 74 valence electrons. The minimum Gasteiger partial charge on any atom is -0.119 e. The van der Waals surface area contributed by atoms with Crippen LogP contribution in [0.15, 0.2) is 0 Å². The molecule has 0 heterocycles. The smallest absolute Gasteiger partial charge is 0.0459 e. The molecule has 4 fully saturated rings. The van der Waals surface area contributed by atoms with Crippen LogP contribution in [0.3, 0.4) is 0 Å². The van der Waals surface area contributed by atoms with E-state index in [0.717, 1.165) is 5.92 Å². The molecule has 13 heavy (non-hydrogen) atoms. The van der Waals surface area contributed by atoms with Gasteiger partial charge < -0.3 is 0 Å². The molecular weight excluding hydrogens is 180 g/mol. The van der Waals surface area contributed by atoms with Crippen LogP contribution in [0, 0.1) is 16.7 Å². The Morgan fingerprint density at radius 1 is 0.923 bits per heavy atom. The normalized spacial score (nSPS) is 64.4. The first-order valence-electron chi connectivity index (χ1n) is 5.60. The largest absolute Gasteiger partial charge is 0.119 e. The monoisotopic (exact) mass is 198 g/mol. The average molecular weight is 199 g/mol. The summed E-state index contributed by atoms with van der Waals surface area (Å²) in [6.07, 6.45) is 8.22. The zero-order valence-electron chi connectivity index (χ0n) is 8.70. The Hall–Kier alpha value is 0.290. The molecular formula is C12H19Cl. The van der Waals surface area contributed by atoms with Gasteiger partial charge in [-0.15, -0.1) is 11.6 Å². The van der Waals surface area contributed by atoms with Crippen molar-refractivity contribution in [1.29, 1.82) is 0 Å². The molecule has 2 unspecified atom stereocenters. The van der Waals surface area contributed by atoms with Crippen molar-refractivity contribution >= 4 is 11.6 Å². The van der Waals surface area contributed by atoms with Crippen molar-refractivity contribution in [1.82, 2.24) is 0 Å². The fraction of sp³-hybridized carbons (Fsp3) is 1.00. The van der Waals surface area contributed by atoms with E-state index in [1.807, 2.05) is 0 Å². The molecule has 0 radical (unpaired) electrons. The molecule has 4 aliphatic rings. The van der Waals surface area contributed by atoms with Gasteiger partial charge in [-0.2, -0.15) is 0 Å². The summed E-state index contributed by atoms with van der Waals surface area (Å²) in [7, 11) is 0. The molecule has 0 amide bonds. The fourth-order valence-corrected chi connectivity index (χ4v) is 6.17. The molecule has 0 aromatic heterocycles. The van der Waals surface area contributed by atoms with Gasteiger partial charge in [0, 0.05) is 4.87 Å². The Morgan fingerprint density at radius 2 is 1.46 bits per heavy atom. The Morgan fingerprint density at radius 3 is 1.85 bits per heavy atom. The molecule has 4 rings (SSSR count). The minimum absolute atomic E-state index is 0.197. The standard InChI is InChI=1S/C12H19Cl/c1-10-3-9-4-11(2,6-10)8-12(13,5-9)7-10/h9H,3-8H2,1-2H3. The molecule has 0 N–H and O–H groups in total. The van der Waals surface area contributed by atoms with Crippen LogP contribution < -0.4 is 0 Å². The predicted octanol–water partition coefficient (Wildman–Crippen LogP) is 3.97. The molecule has 4 aliphatic carbocycles. The number of hydrogen-bond donors (Lipinski definition) is 0. The highest BCUT2D eigenvalue weighted by Gasteiger charge is 2.59. The van der Waals surface area contributed by atoms with E-state index in [9.17, 15) is 0 Å². The summed E-state index contributed by atoms with van der Waals surface area (Å²) in [5.74, 6) is 0.948. The Kier molecular flexibility index (Phi) is 1.39. The van der Waals surface area contributed by atoms with Crippen LogP contribution in [-0.2, 0) is 0 Å². The van der Waals surface area contributed by atoms with E-state index in [1.165, 1.54) is 38.5 Å². The highest BCUT2D eigenvalue weighted by atomic mass is 35.5.